The maximum atomic E-state index is 14.1. The van der Waals surface area contributed by atoms with E-state index >= 15 is 0 Å². The molecule has 1 aliphatic heterocycles. The van der Waals surface area contributed by atoms with Gasteiger partial charge in [-0.15, -0.1) is 0 Å². The Morgan fingerprint density at radius 3 is 2.62 bits per heavy atom. The molecule has 0 unspecified atom stereocenters. The van der Waals surface area contributed by atoms with E-state index in [0.29, 0.717) is 30.2 Å². The van der Waals surface area contributed by atoms with Gasteiger partial charge in [-0.3, -0.25) is 9.69 Å². The summed E-state index contributed by atoms with van der Waals surface area (Å²) in [6.45, 7) is 3.87. The van der Waals surface area contributed by atoms with Crippen molar-refractivity contribution in [3.63, 3.8) is 0 Å². The minimum Gasteiger partial charge on any atom is -0.441 e. The highest BCUT2D eigenvalue weighted by atomic mass is 19.1. The Morgan fingerprint density at radius 1 is 1.14 bits per heavy atom. The standard InChI is InChI=1S/C23H24FN3O2/c1-16-21(26-23(29-16)19-9-5-6-10-20(19)24)15-27(13-17-7-3-2-4-8-17)14-18-11-12-22(28)25-18/h2-10,18H,11-15H2,1H3,(H,25,28)/t18-/m0/s1. The normalized spacial score (nSPS) is 16.4. The van der Waals surface area contributed by atoms with Crippen molar-refractivity contribution in [1.29, 1.82) is 0 Å². The number of nitrogens with zero attached hydrogens (tertiary/aromatic N) is 2. The third-order valence-corrected chi connectivity index (χ3v) is 5.18. The van der Waals surface area contributed by atoms with Crippen molar-refractivity contribution in [2.24, 2.45) is 0 Å². The number of benzene rings is 2. The lowest BCUT2D eigenvalue weighted by molar-refractivity contribution is -0.119. The monoisotopic (exact) mass is 393 g/mol. The number of hydrogen-bond acceptors (Lipinski definition) is 4. The van der Waals surface area contributed by atoms with Gasteiger partial charge >= 0.3 is 0 Å². The van der Waals surface area contributed by atoms with Crippen molar-refractivity contribution in [3.05, 3.63) is 77.4 Å². The van der Waals surface area contributed by atoms with Crippen molar-refractivity contribution < 1.29 is 13.6 Å². The van der Waals surface area contributed by atoms with Crippen LogP contribution in [0.3, 0.4) is 0 Å². The van der Waals surface area contributed by atoms with Crippen LogP contribution in [0.25, 0.3) is 11.5 Å². The van der Waals surface area contributed by atoms with E-state index in [1.165, 1.54) is 11.6 Å². The predicted octanol–water partition coefficient (Wildman–Crippen LogP) is 4.07. The zero-order valence-electron chi connectivity index (χ0n) is 16.4. The van der Waals surface area contributed by atoms with Crippen molar-refractivity contribution in [1.82, 2.24) is 15.2 Å². The number of oxazole rings is 1. The van der Waals surface area contributed by atoms with Gasteiger partial charge in [-0.1, -0.05) is 42.5 Å². The second kappa shape index (κ2) is 8.57. The molecule has 1 saturated heterocycles. The van der Waals surface area contributed by atoms with Crippen molar-refractivity contribution in [2.45, 2.75) is 38.9 Å². The summed E-state index contributed by atoms with van der Waals surface area (Å²) in [5, 5.41) is 3.04. The Bertz CT molecular complexity index is 987. The molecule has 0 spiro atoms. The molecule has 3 aromatic rings. The first-order valence-electron chi connectivity index (χ1n) is 9.85. The average molecular weight is 393 g/mol. The lowest BCUT2D eigenvalue weighted by atomic mass is 10.1. The molecule has 2 aromatic carbocycles. The van der Waals surface area contributed by atoms with Crippen LogP contribution in [-0.4, -0.2) is 28.4 Å². The fourth-order valence-corrected chi connectivity index (χ4v) is 3.69. The smallest absolute Gasteiger partial charge is 0.229 e. The Labute approximate surface area is 169 Å². The van der Waals surface area contributed by atoms with Gasteiger partial charge in [-0.05, 0) is 31.0 Å². The van der Waals surface area contributed by atoms with Gasteiger partial charge in [0.25, 0.3) is 0 Å². The number of nitrogens with one attached hydrogen (secondary N) is 1. The lowest BCUT2D eigenvalue weighted by Gasteiger charge is -2.25. The zero-order valence-corrected chi connectivity index (χ0v) is 16.4. The highest BCUT2D eigenvalue weighted by Crippen LogP contribution is 2.25. The van der Waals surface area contributed by atoms with Gasteiger partial charge in [-0.2, -0.15) is 0 Å². The molecule has 0 aliphatic carbocycles. The number of carbonyl (C=O) groups is 1. The summed E-state index contributed by atoms with van der Waals surface area (Å²) in [6, 6.07) is 16.8. The summed E-state index contributed by atoms with van der Waals surface area (Å²) in [5.74, 6) is 0.727. The molecule has 29 heavy (non-hydrogen) atoms. The summed E-state index contributed by atoms with van der Waals surface area (Å²) in [6.07, 6.45) is 1.41. The van der Waals surface area contributed by atoms with Crippen LogP contribution in [0.1, 0.15) is 29.9 Å². The Balaban J connectivity index is 1.55. The summed E-state index contributed by atoms with van der Waals surface area (Å²) < 4.78 is 19.9. The molecular formula is C23H24FN3O2. The van der Waals surface area contributed by atoms with Crippen LogP contribution < -0.4 is 5.32 Å². The van der Waals surface area contributed by atoms with Crippen molar-refractivity contribution in [3.8, 4) is 11.5 Å². The first-order valence-corrected chi connectivity index (χ1v) is 9.85. The number of aromatic nitrogens is 1. The molecule has 0 saturated carbocycles. The lowest BCUT2D eigenvalue weighted by Crippen LogP contribution is -2.38. The van der Waals surface area contributed by atoms with Crippen molar-refractivity contribution >= 4 is 5.91 Å². The first-order chi connectivity index (χ1) is 14.1. The van der Waals surface area contributed by atoms with Crippen LogP contribution in [0.2, 0.25) is 0 Å². The zero-order chi connectivity index (χ0) is 20.2. The SMILES string of the molecule is Cc1oc(-c2ccccc2F)nc1CN(Cc1ccccc1)C[C@@H]1CCC(=O)N1. The fourth-order valence-electron chi connectivity index (χ4n) is 3.69. The highest BCUT2D eigenvalue weighted by Gasteiger charge is 2.24. The summed E-state index contributed by atoms with van der Waals surface area (Å²) in [4.78, 5) is 18.4. The summed E-state index contributed by atoms with van der Waals surface area (Å²) in [5.41, 5.74) is 2.33. The molecule has 1 atom stereocenters. The van der Waals surface area contributed by atoms with Gasteiger partial charge in [0.15, 0.2) is 0 Å². The van der Waals surface area contributed by atoms with E-state index in [-0.39, 0.29) is 17.8 Å². The molecular weight excluding hydrogens is 369 g/mol. The minimum atomic E-state index is -0.352. The van der Waals surface area contributed by atoms with Crippen LogP contribution in [0.5, 0.6) is 0 Å². The Kier molecular flexibility index (Phi) is 5.71. The molecule has 1 fully saturated rings. The van der Waals surface area contributed by atoms with E-state index in [4.69, 9.17) is 4.42 Å². The van der Waals surface area contributed by atoms with E-state index in [1.807, 2.05) is 25.1 Å². The number of aryl methyl sites for hydroxylation is 1. The topological polar surface area (TPSA) is 58.4 Å². The van der Waals surface area contributed by atoms with Gasteiger partial charge in [0.05, 0.1) is 11.3 Å². The van der Waals surface area contributed by atoms with Gasteiger partial charge < -0.3 is 9.73 Å². The molecule has 1 aromatic heterocycles. The summed E-state index contributed by atoms with van der Waals surface area (Å²) in [7, 11) is 0. The van der Waals surface area contributed by atoms with E-state index < -0.39 is 0 Å². The second-order valence-electron chi connectivity index (χ2n) is 7.46. The third-order valence-electron chi connectivity index (χ3n) is 5.18. The van der Waals surface area contributed by atoms with E-state index in [1.54, 1.807) is 18.2 Å². The molecule has 2 heterocycles. The van der Waals surface area contributed by atoms with E-state index in [9.17, 15) is 9.18 Å². The molecule has 1 amide bonds. The molecule has 6 heteroatoms. The van der Waals surface area contributed by atoms with Gasteiger partial charge in [0.2, 0.25) is 11.8 Å². The van der Waals surface area contributed by atoms with Crippen LogP contribution >= 0.6 is 0 Å². The molecule has 1 aliphatic rings. The van der Waals surface area contributed by atoms with E-state index in [2.05, 4.69) is 27.3 Å². The number of amides is 1. The third kappa shape index (κ3) is 4.71. The molecule has 0 bridgehead atoms. The molecule has 4 rings (SSSR count). The highest BCUT2D eigenvalue weighted by molar-refractivity contribution is 5.78. The second-order valence-corrected chi connectivity index (χ2v) is 7.46. The largest absolute Gasteiger partial charge is 0.441 e. The Morgan fingerprint density at radius 2 is 1.90 bits per heavy atom. The van der Waals surface area contributed by atoms with Gasteiger partial charge in [-0.25, -0.2) is 9.37 Å². The minimum absolute atomic E-state index is 0.106. The van der Waals surface area contributed by atoms with Crippen LogP contribution in [0.4, 0.5) is 4.39 Å². The molecule has 1 N–H and O–H groups in total. The maximum Gasteiger partial charge on any atom is 0.229 e. The van der Waals surface area contributed by atoms with Gasteiger partial charge in [0, 0.05) is 32.1 Å². The van der Waals surface area contributed by atoms with Crippen LogP contribution in [0, 0.1) is 12.7 Å². The Hall–Kier alpha value is -2.99. The van der Waals surface area contributed by atoms with Crippen molar-refractivity contribution in [2.75, 3.05) is 6.54 Å². The fraction of sp³-hybridized carbons (Fsp3) is 0.304. The first kappa shape index (κ1) is 19.3. The van der Waals surface area contributed by atoms with Crippen LogP contribution in [0.15, 0.2) is 59.0 Å². The number of halogens is 1. The number of rotatable bonds is 7. The van der Waals surface area contributed by atoms with E-state index in [0.717, 1.165) is 25.2 Å². The summed E-state index contributed by atoms with van der Waals surface area (Å²) >= 11 is 0. The molecule has 150 valence electrons. The number of carbonyl (C=O) groups excluding carboxylic acids is 1. The van der Waals surface area contributed by atoms with Gasteiger partial charge in [0.1, 0.15) is 11.6 Å². The van der Waals surface area contributed by atoms with Crippen LogP contribution in [-0.2, 0) is 17.9 Å². The molecule has 0 radical (unpaired) electrons. The quantitative estimate of drug-likeness (QED) is 0.657. The number of hydrogen-bond donors (Lipinski definition) is 1. The average Bonchev–Trinajstić information content (AvgIpc) is 3.28. The predicted molar refractivity (Wildman–Crippen MR) is 108 cm³/mol. The maximum absolute atomic E-state index is 14.1. The molecule has 5 nitrogen and oxygen atoms in total.